The molecular formula is C21H27N3O2S. The maximum atomic E-state index is 8.81. The Morgan fingerprint density at radius 1 is 0.963 bits per heavy atom. The second kappa shape index (κ2) is 8.63. The Hall–Kier alpha value is -1.57. The number of nitrogens with zero attached hydrogens (tertiary/aromatic N) is 3. The molecule has 0 unspecified atom stereocenters. The first-order valence-corrected chi connectivity index (χ1v) is 10.4. The number of hydrazine groups is 1. The predicted molar refractivity (Wildman–Crippen MR) is 110 cm³/mol. The van der Waals surface area contributed by atoms with Crippen LogP contribution < -0.4 is 5.01 Å². The summed E-state index contributed by atoms with van der Waals surface area (Å²) < 4.78 is 5.42. The zero-order valence-electron chi connectivity index (χ0n) is 15.8. The van der Waals surface area contributed by atoms with E-state index in [2.05, 4.69) is 64.3 Å². The van der Waals surface area contributed by atoms with Crippen molar-refractivity contribution < 1.29 is 9.84 Å². The molecule has 1 N–H and O–H groups in total. The molecule has 1 saturated heterocycles. The zero-order valence-corrected chi connectivity index (χ0v) is 16.6. The van der Waals surface area contributed by atoms with Crippen LogP contribution >= 0.6 is 11.8 Å². The van der Waals surface area contributed by atoms with Crippen LogP contribution in [0.15, 0.2) is 52.3 Å². The average molecular weight is 386 g/mol. The largest absolute Gasteiger partial charge is 0.394 e. The lowest BCUT2D eigenvalue weighted by Gasteiger charge is -2.44. The fraction of sp³-hybridized carbons (Fsp3) is 0.429. The van der Waals surface area contributed by atoms with Gasteiger partial charge in [0.1, 0.15) is 0 Å². The third kappa shape index (κ3) is 4.15. The molecule has 0 aromatic heterocycles. The average Bonchev–Trinajstić information content (AvgIpc) is 2.70. The summed E-state index contributed by atoms with van der Waals surface area (Å²) in [6.45, 7) is 8.33. The van der Waals surface area contributed by atoms with Crippen LogP contribution in [-0.4, -0.2) is 67.6 Å². The molecule has 5 nitrogen and oxygen atoms in total. The van der Waals surface area contributed by atoms with Crippen LogP contribution in [0.5, 0.6) is 0 Å². The Balaban J connectivity index is 1.50. The molecule has 144 valence electrons. The minimum atomic E-state index is 0.0962. The number of aryl methyl sites for hydroxylation is 1. The standard InChI is InChI=1S/C21H27N3O2S/c1-17-6-7-21-19(16-17)24(18-4-2-3-5-20(18)27-21)23-10-8-22(9-11-23)12-14-26-15-13-25/h2-7,16,25H,8-15H2,1H3. The Labute approximate surface area is 165 Å². The highest BCUT2D eigenvalue weighted by atomic mass is 32.2. The van der Waals surface area contributed by atoms with Gasteiger partial charge in [-0.05, 0) is 36.8 Å². The van der Waals surface area contributed by atoms with E-state index in [9.17, 15) is 0 Å². The monoisotopic (exact) mass is 385 g/mol. The molecule has 0 atom stereocenters. The number of hydrogen-bond acceptors (Lipinski definition) is 6. The molecular weight excluding hydrogens is 358 g/mol. The molecule has 2 aromatic carbocycles. The van der Waals surface area contributed by atoms with Crippen molar-refractivity contribution in [2.45, 2.75) is 16.7 Å². The Morgan fingerprint density at radius 3 is 2.56 bits per heavy atom. The fourth-order valence-electron chi connectivity index (χ4n) is 3.67. The van der Waals surface area contributed by atoms with Gasteiger partial charge in [0.25, 0.3) is 0 Å². The van der Waals surface area contributed by atoms with E-state index in [1.165, 1.54) is 26.7 Å². The molecule has 1 fully saturated rings. The normalized spacial score (nSPS) is 17.6. The summed E-state index contributed by atoms with van der Waals surface area (Å²) in [7, 11) is 0. The number of aliphatic hydroxyl groups excluding tert-OH is 1. The van der Waals surface area contributed by atoms with E-state index in [0.717, 1.165) is 32.7 Å². The van der Waals surface area contributed by atoms with Crippen LogP contribution in [0.2, 0.25) is 0 Å². The topological polar surface area (TPSA) is 39.2 Å². The molecule has 0 amide bonds. The number of benzene rings is 2. The van der Waals surface area contributed by atoms with Crippen LogP contribution in [0, 0.1) is 6.92 Å². The van der Waals surface area contributed by atoms with Gasteiger partial charge in [0.15, 0.2) is 0 Å². The number of fused-ring (bicyclic) bond motifs is 2. The van der Waals surface area contributed by atoms with Crippen molar-refractivity contribution in [1.82, 2.24) is 9.91 Å². The molecule has 0 aliphatic carbocycles. The quantitative estimate of drug-likeness (QED) is 0.771. The molecule has 4 rings (SSSR count). The van der Waals surface area contributed by atoms with Crippen molar-refractivity contribution in [2.75, 3.05) is 57.6 Å². The van der Waals surface area contributed by atoms with Gasteiger partial charge in [-0.25, -0.2) is 5.01 Å². The summed E-state index contributed by atoms with van der Waals surface area (Å²) in [4.78, 5) is 5.07. The summed E-state index contributed by atoms with van der Waals surface area (Å²) in [6.07, 6.45) is 0. The van der Waals surface area contributed by atoms with Gasteiger partial charge in [-0.1, -0.05) is 30.0 Å². The molecule has 0 bridgehead atoms. The van der Waals surface area contributed by atoms with Gasteiger partial charge in [-0.2, -0.15) is 0 Å². The first-order valence-electron chi connectivity index (χ1n) is 9.60. The van der Waals surface area contributed by atoms with Crippen LogP contribution in [0.3, 0.4) is 0 Å². The number of aliphatic hydroxyl groups is 1. The van der Waals surface area contributed by atoms with E-state index in [4.69, 9.17) is 9.84 Å². The van der Waals surface area contributed by atoms with Gasteiger partial charge in [0.05, 0.1) is 31.2 Å². The Bertz CT molecular complexity index is 778. The number of ether oxygens (including phenoxy) is 1. The Morgan fingerprint density at radius 2 is 1.74 bits per heavy atom. The lowest BCUT2D eigenvalue weighted by Crippen LogP contribution is -2.53. The van der Waals surface area contributed by atoms with Crippen LogP contribution in [-0.2, 0) is 4.74 Å². The van der Waals surface area contributed by atoms with Crippen molar-refractivity contribution >= 4 is 23.1 Å². The smallest absolute Gasteiger partial charge is 0.0722 e. The summed E-state index contributed by atoms with van der Waals surface area (Å²) in [5, 5.41) is 13.7. The molecule has 2 aromatic rings. The van der Waals surface area contributed by atoms with Crippen LogP contribution in [0.25, 0.3) is 0 Å². The van der Waals surface area contributed by atoms with Crippen molar-refractivity contribution in [2.24, 2.45) is 0 Å². The molecule has 2 aliphatic rings. The SMILES string of the molecule is Cc1ccc2c(c1)N(N1CCN(CCOCCO)CC1)c1ccccc1S2. The van der Waals surface area contributed by atoms with Crippen molar-refractivity contribution in [3.63, 3.8) is 0 Å². The van der Waals surface area contributed by atoms with E-state index < -0.39 is 0 Å². The predicted octanol–water partition coefficient (Wildman–Crippen LogP) is 3.14. The van der Waals surface area contributed by atoms with Crippen LogP contribution in [0.1, 0.15) is 5.56 Å². The van der Waals surface area contributed by atoms with Crippen molar-refractivity contribution in [1.29, 1.82) is 0 Å². The minimum Gasteiger partial charge on any atom is -0.394 e. The molecule has 2 heterocycles. The highest BCUT2D eigenvalue weighted by Crippen LogP contribution is 2.48. The highest BCUT2D eigenvalue weighted by Gasteiger charge is 2.30. The summed E-state index contributed by atoms with van der Waals surface area (Å²) in [5.41, 5.74) is 3.86. The fourth-order valence-corrected chi connectivity index (χ4v) is 4.70. The van der Waals surface area contributed by atoms with E-state index in [1.54, 1.807) is 0 Å². The lowest BCUT2D eigenvalue weighted by molar-refractivity contribution is 0.0574. The van der Waals surface area contributed by atoms with E-state index >= 15 is 0 Å². The third-order valence-corrected chi connectivity index (χ3v) is 6.21. The van der Waals surface area contributed by atoms with E-state index in [0.29, 0.717) is 13.2 Å². The highest BCUT2D eigenvalue weighted by molar-refractivity contribution is 7.99. The van der Waals surface area contributed by atoms with Gasteiger partial charge in [-0.15, -0.1) is 0 Å². The van der Waals surface area contributed by atoms with Crippen molar-refractivity contribution in [3.05, 3.63) is 48.0 Å². The summed E-state index contributed by atoms with van der Waals surface area (Å²) in [5.74, 6) is 0. The minimum absolute atomic E-state index is 0.0962. The van der Waals surface area contributed by atoms with Gasteiger partial charge in [0, 0.05) is 42.5 Å². The number of para-hydroxylation sites is 1. The van der Waals surface area contributed by atoms with Gasteiger partial charge < -0.3 is 9.84 Å². The first-order chi connectivity index (χ1) is 13.3. The maximum Gasteiger partial charge on any atom is 0.0722 e. The first kappa shape index (κ1) is 18.8. The van der Waals surface area contributed by atoms with Gasteiger partial charge >= 0.3 is 0 Å². The third-order valence-electron chi connectivity index (χ3n) is 5.07. The number of piperazine rings is 1. The lowest BCUT2D eigenvalue weighted by atomic mass is 10.2. The summed E-state index contributed by atoms with van der Waals surface area (Å²) in [6, 6.07) is 15.4. The zero-order chi connectivity index (χ0) is 18.6. The maximum absolute atomic E-state index is 8.81. The van der Waals surface area contributed by atoms with E-state index in [-0.39, 0.29) is 6.61 Å². The molecule has 2 aliphatic heterocycles. The van der Waals surface area contributed by atoms with Gasteiger partial charge in [-0.3, -0.25) is 9.91 Å². The Kier molecular flexibility index (Phi) is 6.00. The second-order valence-electron chi connectivity index (χ2n) is 6.98. The second-order valence-corrected chi connectivity index (χ2v) is 8.07. The molecule has 6 heteroatoms. The number of hydrogen-bond donors (Lipinski definition) is 1. The molecule has 27 heavy (non-hydrogen) atoms. The van der Waals surface area contributed by atoms with E-state index in [1.807, 2.05) is 11.8 Å². The molecule has 0 spiro atoms. The van der Waals surface area contributed by atoms with Crippen molar-refractivity contribution in [3.8, 4) is 0 Å². The molecule has 0 radical (unpaired) electrons. The molecule has 0 saturated carbocycles. The van der Waals surface area contributed by atoms with Gasteiger partial charge in [0.2, 0.25) is 0 Å². The number of rotatable bonds is 6. The summed E-state index contributed by atoms with van der Waals surface area (Å²) >= 11 is 1.86. The number of anilines is 2. The van der Waals surface area contributed by atoms with Crippen LogP contribution in [0.4, 0.5) is 11.4 Å².